The topological polar surface area (TPSA) is 0 Å². The van der Waals surface area contributed by atoms with Gasteiger partial charge in [-0.15, -0.1) is 19.5 Å². The highest BCUT2D eigenvalue weighted by molar-refractivity contribution is 7.55. The summed E-state index contributed by atoms with van der Waals surface area (Å²) < 4.78 is 0. The minimum absolute atomic E-state index is 0.309. The van der Waals surface area contributed by atoms with E-state index >= 15 is 0 Å². The summed E-state index contributed by atoms with van der Waals surface area (Å²) in [5.41, 5.74) is 0. The summed E-state index contributed by atoms with van der Waals surface area (Å²) in [7, 11) is 0.309. The number of hydrogen-bond acceptors (Lipinski definition) is 0. The lowest BCUT2D eigenvalue weighted by atomic mass is 10.6. The Bertz CT molecular complexity index is 37.1. The summed E-state index contributed by atoms with van der Waals surface area (Å²) >= 11 is 5.46. The van der Waals surface area contributed by atoms with Crippen molar-refractivity contribution in [2.75, 3.05) is 25.4 Å². The molecule has 0 saturated heterocycles. The minimum atomic E-state index is 0.309. The molecule has 0 fully saturated rings. The fourth-order valence-corrected chi connectivity index (χ4v) is 1.49. The first-order valence-electron chi connectivity index (χ1n) is 2.48. The van der Waals surface area contributed by atoms with Gasteiger partial charge in [0.15, 0.2) is 0 Å². The van der Waals surface area contributed by atoms with Gasteiger partial charge >= 0.3 is 0 Å². The van der Waals surface area contributed by atoms with Gasteiger partial charge in [0.05, 0.1) is 0 Å². The Balaban J connectivity index is 2.68. The van der Waals surface area contributed by atoms with Gasteiger partial charge in [0.2, 0.25) is 0 Å². The van der Waals surface area contributed by atoms with E-state index in [9.17, 15) is 0 Å². The molecule has 0 amide bonds. The van der Waals surface area contributed by atoms with Crippen molar-refractivity contribution in [3.05, 3.63) is 0 Å². The summed E-state index contributed by atoms with van der Waals surface area (Å²) in [5, 5.41) is 0. The summed E-state index contributed by atoms with van der Waals surface area (Å²) in [4.78, 5) is 0. The van der Waals surface area contributed by atoms with Gasteiger partial charge in [-0.2, -0.15) is 0 Å². The maximum Gasteiger partial charge on any atom is 0.0226 e. The first-order valence-corrected chi connectivity index (χ1v) is 5.43. The van der Waals surface area contributed by atoms with E-state index in [2.05, 4.69) is 13.3 Å². The van der Waals surface area contributed by atoms with Gasteiger partial charge in [0.25, 0.3) is 0 Å². The predicted octanol–water partition coefficient (Wildman–Crippen LogP) is 2.36. The van der Waals surface area contributed by atoms with Crippen molar-refractivity contribution in [3.8, 4) is 0 Å². The lowest BCUT2D eigenvalue weighted by Gasteiger charge is -1.99. The van der Waals surface area contributed by atoms with Gasteiger partial charge in [-0.05, 0) is 25.9 Å². The van der Waals surface area contributed by atoms with Crippen molar-refractivity contribution >= 4 is 19.5 Å². The van der Waals surface area contributed by atoms with Crippen LogP contribution in [0.3, 0.4) is 0 Å². The zero-order valence-electron chi connectivity index (χ0n) is 4.95. The molecule has 44 valence electrons. The van der Waals surface area contributed by atoms with Crippen LogP contribution in [0.25, 0.3) is 0 Å². The quantitative estimate of drug-likeness (QED) is 0.415. The average Bonchev–Trinajstić information content (AvgIpc) is 1.61. The Morgan fingerprint density at radius 2 is 2.00 bits per heavy atom. The summed E-state index contributed by atoms with van der Waals surface area (Å²) in [6, 6.07) is 0. The van der Waals surface area contributed by atoms with E-state index in [1.807, 2.05) is 0 Å². The molecule has 0 radical (unpaired) electrons. The average molecular weight is 139 g/mol. The summed E-state index contributed by atoms with van der Waals surface area (Å²) in [5.74, 6) is 0.834. The summed E-state index contributed by atoms with van der Waals surface area (Å²) in [6.07, 6.45) is 2.53. The Kier molecular flexibility index (Phi) is 5.37. The third-order valence-corrected chi connectivity index (χ3v) is 2.22. The van der Waals surface area contributed by atoms with Crippen LogP contribution in [0.5, 0.6) is 0 Å². The van der Waals surface area contributed by atoms with Gasteiger partial charge in [0, 0.05) is 5.88 Å². The molecule has 0 aromatic heterocycles. The largest absolute Gasteiger partial charge is 0.127 e. The molecule has 0 atom stereocenters. The van der Waals surface area contributed by atoms with E-state index in [0.29, 0.717) is 7.92 Å². The molecule has 0 aliphatic carbocycles. The standard InChI is InChI=1S/C5H12ClP/c1-7(2)5-3-4-6/h3-5H2,1-2H3. The monoisotopic (exact) mass is 138 g/mol. The van der Waals surface area contributed by atoms with Crippen LogP contribution in [0.15, 0.2) is 0 Å². The van der Waals surface area contributed by atoms with Crippen molar-refractivity contribution in [1.29, 1.82) is 0 Å². The third-order valence-electron chi connectivity index (χ3n) is 0.739. The Hall–Kier alpha value is 0.720. The van der Waals surface area contributed by atoms with Gasteiger partial charge < -0.3 is 0 Å². The Morgan fingerprint density at radius 1 is 1.43 bits per heavy atom. The van der Waals surface area contributed by atoms with Crippen molar-refractivity contribution in [1.82, 2.24) is 0 Å². The molecule has 2 heteroatoms. The van der Waals surface area contributed by atoms with E-state index < -0.39 is 0 Å². The maximum atomic E-state index is 5.46. The molecule has 0 rings (SSSR count). The molecule has 0 heterocycles. The molecular formula is C5H12ClP. The molecule has 7 heavy (non-hydrogen) atoms. The highest BCUT2D eigenvalue weighted by Crippen LogP contribution is 2.24. The second kappa shape index (κ2) is 4.87. The first-order chi connectivity index (χ1) is 3.27. The fourth-order valence-electron chi connectivity index (χ4n) is 0.376. The van der Waals surface area contributed by atoms with Crippen LogP contribution in [0.2, 0.25) is 0 Å². The zero-order valence-corrected chi connectivity index (χ0v) is 6.60. The molecule has 0 N–H and O–H groups in total. The van der Waals surface area contributed by atoms with Crippen molar-refractivity contribution < 1.29 is 0 Å². The fraction of sp³-hybridized carbons (Fsp3) is 1.00. The van der Waals surface area contributed by atoms with Crippen LogP contribution in [0.4, 0.5) is 0 Å². The van der Waals surface area contributed by atoms with Crippen molar-refractivity contribution in [2.45, 2.75) is 6.42 Å². The second-order valence-corrected chi connectivity index (χ2v) is 4.83. The van der Waals surface area contributed by atoms with E-state index in [0.717, 1.165) is 5.88 Å². The molecule has 0 spiro atoms. The molecule has 0 unspecified atom stereocenters. The smallest absolute Gasteiger partial charge is 0.0226 e. The van der Waals surface area contributed by atoms with E-state index in [4.69, 9.17) is 11.6 Å². The number of hydrogen-bond donors (Lipinski definition) is 0. The highest BCUT2D eigenvalue weighted by Gasteiger charge is 1.88. The van der Waals surface area contributed by atoms with Crippen LogP contribution >= 0.6 is 19.5 Å². The third kappa shape index (κ3) is 6.72. The Morgan fingerprint density at radius 3 is 2.14 bits per heavy atom. The van der Waals surface area contributed by atoms with Gasteiger partial charge in [0.1, 0.15) is 0 Å². The molecule has 0 bridgehead atoms. The van der Waals surface area contributed by atoms with E-state index in [1.165, 1.54) is 12.6 Å². The lowest BCUT2D eigenvalue weighted by molar-refractivity contribution is 1.11. The molecule has 0 nitrogen and oxygen atoms in total. The molecule has 0 saturated carbocycles. The zero-order chi connectivity index (χ0) is 5.70. The highest BCUT2D eigenvalue weighted by atomic mass is 35.5. The number of halogens is 1. The van der Waals surface area contributed by atoms with Crippen LogP contribution in [0, 0.1) is 0 Å². The molecular weight excluding hydrogens is 126 g/mol. The lowest BCUT2D eigenvalue weighted by Crippen LogP contribution is -1.80. The van der Waals surface area contributed by atoms with E-state index in [-0.39, 0.29) is 0 Å². The first kappa shape index (κ1) is 7.72. The molecule has 0 aliphatic heterocycles. The van der Waals surface area contributed by atoms with Gasteiger partial charge in [-0.25, -0.2) is 0 Å². The minimum Gasteiger partial charge on any atom is -0.127 e. The summed E-state index contributed by atoms with van der Waals surface area (Å²) in [6.45, 7) is 4.56. The van der Waals surface area contributed by atoms with Crippen LogP contribution in [-0.4, -0.2) is 25.4 Å². The van der Waals surface area contributed by atoms with Crippen LogP contribution < -0.4 is 0 Å². The molecule has 0 aliphatic rings. The number of alkyl halides is 1. The van der Waals surface area contributed by atoms with Crippen LogP contribution in [0.1, 0.15) is 6.42 Å². The predicted molar refractivity (Wildman–Crippen MR) is 39.0 cm³/mol. The second-order valence-electron chi connectivity index (χ2n) is 1.85. The van der Waals surface area contributed by atoms with Gasteiger partial charge in [-0.3, -0.25) is 0 Å². The number of rotatable bonds is 3. The normalized spacial score (nSPS) is 10.3. The molecule has 0 aromatic carbocycles. The van der Waals surface area contributed by atoms with Gasteiger partial charge in [-0.1, -0.05) is 0 Å². The van der Waals surface area contributed by atoms with Crippen molar-refractivity contribution in [3.63, 3.8) is 0 Å². The van der Waals surface area contributed by atoms with Crippen molar-refractivity contribution in [2.24, 2.45) is 0 Å². The van der Waals surface area contributed by atoms with Crippen LogP contribution in [-0.2, 0) is 0 Å². The molecule has 0 aromatic rings. The SMILES string of the molecule is CP(C)CCCCl. The van der Waals surface area contributed by atoms with E-state index in [1.54, 1.807) is 0 Å². The Labute approximate surface area is 52.0 Å². The maximum absolute atomic E-state index is 5.46.